The SMILES string of the molecule is CC1CCCN(C(=O)CN2CC[C@H](O)C2)C1. The molecule has 2 heterocycles. The summed E-state index contributed by atoms with van der Waals surface area (Å²) in [6.07, 6.45) is 2.96. The average molecular weight is 226 g/mol. The predicted molar refractivity (Wildman–Crippen MR) is 62.0 cm³/mol. The van der Waals surface area contributed by atoms with Crippen LogP contribution in [0.5, 0.6) is 0 Å². The first-order chi connectivity index (χ1) is 7.65. The Morgan fingerprint density at radius 1 is 1.31 bits per heavy atom. The molecule has 2 atom stereocenters. The quantitative estimate of drug-likeness (QED) is 0.737. The first-order valence-corrected chi connectivity index (χ1v) is 6.33. The number of aliphatic hydroxyl groups is 1. The molecule has 0 radical (unpaired) electrons. The molecule has 2 aliphatic heterocycles. The minimum atomic E-state index is -0.229. The summed E-state index contributed by atoms with van der Waals surface area (Å²) in [6.45, 7) is 6.04. The van der Waals surface area contributed by atoms with Crippen LogP contribution in [-0.2, 0) is 4.79 Å². The highest BCUT2D eigenvalue weighted by molar-refractivity contribution is 5.78. The van der Waals surface area contributed by atoms with Crippen molar-refractivity contribution in [3.63, 3.8) is 0 Å². The van der Waals surface area contributed by atoms with Gasteiger partial charge in [0.15, 0.2) is 0 Å². The van der Waals surface area contributed by atoms with Gasteiger partial charge in [0.05, 0.1) is 12.6 Å². The minimum absolute atomic E-state index is 0.229. The van der Waals surface area contributed by atoms with Gasteiger partial charge in [-0.05, 0) is 25.2 Å². The fraction of sp³-hybridized carbons (Fsp3) is 0.917. The van der Waals surface area contributed by atoms with Crippen LogP contribution >= 0.6 is 0 Å². The third kappa shape index (κ3) is 2.95. The summed E-state index contributed by atoms with van der Waals surface area (Å²) >= 11 is 0. The number of β-amino-alcohol motifs (C(OH)–C–C–N with tert-alkyl or cyclic N) is 1. The van der Waals surface area contributed by atoms with E-state index in [0.717, 1.165) is 32.5 Å². The van der Waals surface area contributed by atoms with E-state index in [1.807, 2.05) is 4.90 Å². The molecule has 2 saturated heterocycles. The van der Waals surface area contributed by atoms with Gasteiger partial charge in [0.1, 0.15) is 0 Å². The van der Waals surface area contributed by atoms with E-state index in [9.17, 15) is 9.90 Å². The van der Waals surface area contributed by atoms with Crippen molar-refractivity contribution in [2.75, 3.05) is 32.7 Å². The fourth-order valence-electron chi connectivity index (χ4n) is 2.66. The zero-order valence-corrected chi connectivity index (χ0v) is 10.1. The van der Waals surface area contributed by atoms with Gasteiger partial charge in [-0.2, -0.15) is 0 Å². The van der Waals surface area contributed by atoms with Crippen LogP contribution in [0, 0.1) is 5.92 Å². The number of carbonyl (C=O) groups is 1. The second-order valence-corrected chi connectivity index (χ2v) is 5.26. The maximum atomic E-state index is 12.0. The summed E-state index contributed by atoms with van der Waals surface area (Å²) in [5.74, 6) is 0.877. The summed E-state index contributed by atoms with van der Waals surface area (Å²) in [5.41, 5.74) is 0. The molecule has 1 N–H and O–H groups in total. The van der Waals surface area contributed by atoms with Crippen LogP contribution in [-0.4, -0.2) is 59.6 Å². The molecule has 2 rings (SSSR count). The number of likely N-dealkylation sites (tertiary alicyclic amines) is 2. The first kappa shape index (κ1) is 11.9. The van der Waals surface area contributed by atoms with Gasteiger partial charge in [-0.1, -0.05) is 6.92 Å². The Labute approximate surface area is 97.2 Å². The van der Waals surface area contributed by atoms with E-state index in [-0.39, 0.29) is 12.0 Å². The Kier molecular flexibility index (Phi) is 3.82. The van der Waals surface area contributed by atoms with Gasteiger partial charge < -0.3 is 10.0 Å². The lowest BCUT2D eigenvalue weighted by Crippen LogP contribution is -2.44. The molecule has 0 aromatic rings. The number of hydrogen-bond donors (Lipinski definition) is 1. The largest absolute Gasteiger partial charge is 0.392 e. The third-order valence-corrected chi connectivity index (χ3v) is 3.62. The molecule has 0 aromatic heterocycles. The Bertz CT molecular complexity index is 257. The van der Waals surface area contributed by atoms with Gasteiger partial charge in [0, 0.05) is 26.2 Å². The predicted octanol–water partition coefficient (Wildman–Crippen LogP) is 0.311. The van der Waals surface area contributed by atoms with E-state index in [2.05, 4.69) is 11.8 Å². The molecule has 92 valence electrons. The van der Waals surface area contributed by atoms with E-state index in [4.69, 9.17) is 0 Å². The van der Waals surface area contributed by atoms with Crippen molar-refractivity contribution < 1.29 is 9.90 Å². The Morgan fingerprint density at radius 2 is 2.12 bits per heavy atom. The Balaban J connectivity index is 1.78. The highest BCUT2D eigenvalue weighted by Crippen LogP contribution is 2.16. The van der Waals surface area contributed by atoms with E-state index < -0.39 is 0 Å². The van der Waals surface area contributed by atoms with E-state index in [0.29, 0.717) is 19.0 Å². The van der Waals surface area contributed by atoms with Gasteiger partial charge in [0.2, 0.25) is 5.91 Å². The van der Waals surface area contributed by atoms with Gasteiger partial charge in [-0.3, -0.25) is 9.69 Å². The molecule has 1 amide bonds. The molecule has 4 nitrogen and oxygen atoms in total. The van der Waals surface area contributed by atoms with Crippen LogP contribution in [0.15, 0.2) is 0 Å². The minimum Gasteiger partial charge on any atom is -0.392 e. The van der Waals surface area contributed by atoms with Crippen molar-refractivity contribution in [2.45, 2.75) is 32.3 Å². The second-order valence-electron chi connectivity index (χ2n) is 5.26. The molecule has 0 saturated carbocycles. The summed E-state index contributed by atoms with van der Waals surface area (Å²) in [6, 6.07) is 0. The summed E-state index contributed by atoms with van der Waals surface area (Å²) < 4.78 is 0. The van der Waals surface area contributed by atoms with Gasteiger partial charge >= 0.3 is 0 Å². The van der Waals surface area contributed by atoms with Crippen molar-refractivity contribution in [1.82, 2.24) is 9.80 Å². The fourth-order valence-corrected chi connectivity index (χ4v) is 2.66. The molecule has 0 bridgehead atoms. The normalized spacial score (nSPS) is 32.0. The molecule has 0 aliphatic carbocycles. The topological polar surface area (TPSA) is 43.8 Å². The molecule has 0 spiro atoms. The number of rotatable bonds is 2. The second kappa shape index (κ2) is 5.15. The van der Waals surface area contributed by atoms with Gasteiger partial charge in [-0.25, -0.2) is 0 Å². The maximum Gasteiger partial charge on any atom is 0.236 e. The van der Waals surface area contributed by atoms with Gasteiger partial charge in [-0.15, -0.1) is 0 Å². The van der Waals surface area contributed by atoms with Crippen molar-refractivity contribution in [3.8, 4) is 0 Å². The average Bonchev–Trinajstić information content (AvgIpc) is 2.64. The molecule has 2 fully saturated rings. The lowest BCUT2D eigenvalue weighted by atomic mass is 10.0. The van der Waals surface area contributed by atoms with Crippen LogP contribution in [0.2, 0.25) is 0 Å². The Hall–Kier alpha value is -0.610. The standard InChI is InChI=1S/C12H22N2O2/c1-10-3-2-5-14(7-10)12(16)9-13-6-4-11(15)8-13/h10-11,15H,2-9H2,1H3/t10?,11-/m0/s1. The van der Waals surface area contributed by atoms with E-state index >= 15 is 0 Å². The number of hydrogen-bond acceptors (Lipinski definition) is 3. The van der Waals surface area contributed by atoms with Crippen LogP contribution in [0.4, 0.5) is 0 Å². The van der Waals surface area contributed by atoms with Crippen molar-refractivity contribution in [3.05, 3.63) is 0 Å². The molecule has 4 heteroatoms. The van der Waals surface area contributed by atoms with Crippen molar-refractivity contribution >= 4 is 5.91 Å². The van der Waals surface area contributed by atoms with Crippen LogP contribution in [0.25, 0.3) is 0 Å². The smallest absolute Gasteiger partial charge is 0.236 e. The number of nitrogens with zero attached hydrogens (tertiary/aromatic N) is 2. The molecular weight excluding hydrogens is 204 g/mol. The van der Waals surface area contributed by atoms with E-state index in [1.165, 1.54) is 6.42 Å². The molecule has 0 aromatic carbocycles. The number of piperidine rings is 1. The van der Waals surface area contributed by atoms with E-state index in [1.54, 1.807) is 0 Å². The molecule has 2 aliphatic rings. The summed E-state index contributed by atoms with van der Waals surface area (Å²) in [5, 5.41) is 9.40. The monoisotopic (exact) mass is 226 g/mol. The van der Waals surface area contributed by atoms with Crippen molar-refractivity contribution in [2.24, 2.45) is 5.92 Å². The number of amides is 1. The third-order valence-electron chi connectivity index (χ3n) is 3.62. The zero-order valence-electron chi connectivity index (χ0n) is 10.1. The van der Waals surface area contributed by atoms with Gasteiger partial charge in [0.25, 0.3) is 0 Å². The zero-order chi connectivity index (χ0) is 11.5. The lowest BCUT2D eigenvalue weighted by Gasteiger charge is -2.32. The summed E-state index contributed by atoms with van der Waals surface area (Å²) in [7, 11) is 0. The molecule has 1 unspecified atom stereocenters. The molecular formula is C12H22N2O2. The number of carbonyl (C=O) groups excluding carboxylic acids is 1. The highest BCUT2D eigenvalue weighted by Gasteiger charge is 2.26. The number of aliphatic hydroxyl groups excluding tert-OH is 1. The molecule has 16 heavy (non-hydrogen) atoms. The van der Waals surface area contributed by atoms with Crippen LogP contribution in [0.1, 0.15) is 26.2 Å². The Morgan fingerprint density at radius 3 is 2.75 bits per heavy atom. The summed E-state index contributed by atoms with van der Waals surface area (Å²) in [4.78, 5) is 16.1. The van der Waals surface area contributed by atoms with Crippen LogP contribution < -0.4 is 0 Å². The van der Waals surface area contributed by atoms with Crippen molar-refractivity contribution in [1.29, 1.82) is 0 Å². The lowest BCUT2D eigenvalue weighted by molar-refractivity contribution is -0.133. The highest BCUT2D eigenvalue weighted by atomic mass is 16.3. The first-order valence-electron chi connectivity index (χ1n) is 6.33. The maximum absolute atomic E-state index is 12.0. The van der Waals surface area contributed by atoms with Crippen LogP contribution in [0.3, 0.4) is 0 Å².